The summed E-state index contributed by atoms with van der Waals surface area (Å²) in [7, 11) is 1.59. The number of piperidine rings is 1. The van der Waals surface area contributed by atoms with Crippen LogP contribution in [0.3, 0.4) is 0 Å². The summed E-state index contributed by atoms with van der Waals surface area (Å²) in [6, 6.07) is 9.16. The first-order valence-corrected chi connectivity index (χ1v) is 12.9. The van der Waals surface area contributed by atoms with Gasteiger partial charge in [-0.25, -0.2) is 4.39 Å². The topological polar surface area (TPSA) is 88.4 Å². The molecule has 1 aromatic carbocycles. The minimum absolute atomic E-state index is 0.0234. The van der Waals surface area contributed by atoms with Gasteiger partial charge in [-0.05, 0) is 73.5 Å². The molecule has 3 atom stereocenters. The van der Waals surface area contributed by atoms with Crippen molar-refractivity contribution in [3.63, 3.8) is 0 Å². The van der Waals surface area contributed by atoms with Gasteiger partial charge in [-0.3, -0.25) is 9.78 Å². The number of aliphatic carboxylic acids is 1. The Morgan fingerprint density at radius 2 is 2.14 bits per heavy atom. The molecular formula is C26H31FN4O3S. The highest BCUT2D eigenvalue weighted by molar-refractivity contribution is 7.99. The summed E-state index contributed by atoms with van der Waals surface area (Å²) < 4.78 is 20.8. The average molecular weight is 499 g/mol. The maximum atomic E-state index is 15.4. The molecule has 35 heavy (non-hydrogen) atoms. The molecule has 0 saturated carbocycles. The molecule has 0 amide bonds. The second-order valence-corrected chi connectivity index (χ2v) is 10.1. The van der Waals surface area contributed by atoms with Crippen LogP contribution in [0.2, 0.25) is 0 Å². The third-order valence-corrected chi connectivity index (χ3v) is 7.72. The first kappa shape index (κ1) is 25.3. The molecule has 9 heteroatoms. The summed E-state index contributed by atoms with van der Waals surface area (Å²) in [5.74, 6) is 1.01. The van der Waals surface area contributed by atoms with Gasteiger partial charge in [0.2, 0.25) is 0 Å². The van der Waals surface area contributed by atoms with Gasteiger partial charge in [-0.15, -0.1) is 11.8 Å². The third kappa shape index (κ3) is 6.89. The fourth-order valence-electron chi connectivity index (χ4n) is 4.91. The van der Waals surface area contributed by atoms with Gasteiger partial charge < -0.3 is 14.7 Å². The minimum atomic E-state index is -1.14. The van der Waals surface area contributed by atoms with Gasteiger partial charge >= 0.3 is 5.97 Å². The molecule has 1 N–H and O–H groups in total. The number of carboxylic acids is 1. The SMILES string of the molecule is COc1ccc2nccc(C(F)CC[C@@H]3CCN(CCSc4ccnnc4)C[C@@H]3CC(=O)O)c2c1. The van der Waals surface area contributed by atoms with Gasteiger partial charge in [0, 0.05) is 41.7 Å². The standard InChI is InChI=1S/C26H31FN4O3S/c1-34-20-3-5-25-23(15-20)22(7-9-28-25)24(27)4-2-18-8-11-31(17-19(18)14-26(32)33)12-13-35-21-6-10-29-30-16-21/h3,5-7,9-10,15-16,18-19,24H,2,4,8,11-14,17H2,1H3,(H,32,33)/t18-,19+,24?/m1/s1. The normalized spacial score (nSPS) is 19.5. The number of benzene rings is 1. The van der Waals surface area contributed by atoms with Crippen LogP contribution < -0.4 is 4.74 Å². The van der Waals surface area contributed by atoms with E-state index in [1.807, 2.05) is 24.3 Å². The Hall–Kier alpha value is -2.78. The molecule has 1 aliphatic rings. The van der Waals surface area contributed by atoms with Crippen molar-refractivity contribution >= 4 is 28.6 Å². The van der Waals surface area contributed by atoms with Gasteiger partial charge in [0.15, 0.2) is 0 Å². The summed E-state index contributed by atoms with van der Waals surface area (Å²) in [6.07, 6.45) is 5.97. The number of hydrogen-bond donors (Lipinski definition) is 1. The largest absolute Gasteiger partial charge is 0.497 e. The van der Waals surface area contributed by atoms with E-state index in [0.29, 0.717) is 24.2 Å². The summed E-state index contributed by atoms with van der Waals surface area (Å²) >= 11 is 1.72. The van der Waals surface area contributed by atoms with Crippen molar-refractivity contribution in [1.82, 2.24) is 20.1 Å². The number of halogens is 1. The second kappa shape index (κ2) is 12.3. The first-order chi connectivity index (χ1) is 17.0. The van der Waals surface area contributed by atoms with E-state index in [9.17, 15) is 9.90 Å². The minimum Gasteiger partial charge on any atom is -0.497 e. The Bertz CT molecular complexity index is 1120. The highest BCUT2D eigenvalue weighted by Crippen LogP contribution is 2.36. The number of nitrogens with zero attached hydrogens (tertiary/aromatic N) is 4. The lowest BCUT2D eigenvalue weighted by Gasteiger charge is -2.38. The van der Waals surface area contributed by atoms with E-state index in [1.54, 1.807) is 43.5 Å². The summed E-state index contributed by atoms with van der Waals surface area (Å²) in [5, 5.41) is 17.9. The number of methoxy groups -OCH3 is 1. The lowest BCUT2D eigenvalue weighted by molar-refractivity contribution is -0.139. The summed E-state index contributed by atoms with van der Waals surface area (Å²) in [4.78, 5) is 19.3. The number of likely N-dealkylation sites (tertiary alicyclic amines) is 1. The predicted octanol–water partition coefficient (Wildman–Crippen LogP) is 5.03. The van der Waals surface area contributed by atoms with E-state index in [4.69, 9.17) is 4.74 Å². The number of hydrogen-bond acceptors (Lipinski definition) is 7. The van der Waals surface area contributed by atoms with E-state index >= 15 is 4.39 Å². The van der Waals surface area contributed by atoms with Crippen molar-refractivity contribution in [2.24, 2.45) is 11.8 Å². The van der Waals surface area contributed by atoms with Crippen LogP contribution in [0.25, 0.3) is 10.9 Å². The lowest BCUT2D eigenvalue weighted by Crippen LogP contribution is -2.42. The monoisotopic (exact) mass is 498 g/mol. The Balaban J connectivity index is 1.35. The molecule has 3 aromatic rings. The van der Waals surface area contributed by atoms with Crippen molar-refractivity contribution in [2.75, 3.05) is 32.5 Å². The number of pyridine rings is 1. The highest BCUT2D eigenvalue weighted by Gasteiger charge is 2.31. The highest BCUT2D eigenvalue weighted by atomic mass is 32.2. The van der Waals surface area contributed by atoms with E-state index in [2.05, 4.69) is 20.1 Å². The zero-order valence-corrected chi connectivity index (χ0v) is 20.7. The number of rotatable bonds is 11. The van der Waals surface area contributed by atoms with Crippen LogP contribution in [0, 0.1) is 11.8 Å². The summed E-state index contributed by atoms with van der Waals surface area (Å²) in [6.45, 7) is 2.52. The smallest absolute Gasteiger partial charge is 0.303 e. The molecule has 4 rings (SSSR count). The molecular weight excluding hydrogens is 467 g/mol. The number of aromatic nitrogens is 3. The number of alkyl halides is 1. The van der Waals surface area contributed by atoms with E-state index in [0.717, 1.165) is 47.6 Å². The van der Waals surface area contributed by atoms with Crippen molar-refractivity contribution < 1.29 is 19.0 Å². The number of ether oxygens (including phenoxy) is 1. The fraction of sp³-hybridized carbons (Fsp3) is 0.462. The Kier molecular flexibility index (Phi) is 8.87. The predicted molar refractivity (Wildman–Crippen MR) is 134 cm³/mol. The third-order valence-electron chi connectivity index (χ3n) is 6.76. The van der Waals surface area contributed by atoms with Gasteiger partial charge in [-0.2, -0.15) is 10.2 Å². The van der Waals surface area contributed by atoms with E-state index in [-0.39, 0.29) is 18.3 Å². The van der Waals surface area contributed by atoms with Crippen LogP contribution in [0.5, 0.6) is 5.75 Å². The van der Waals surface area contributed by atoms with E-state index in [1.165, 1.54) is 0 Å². The lowest BCUT2D eigenvalue weighted by atomic mass is 9.79. The molecule has 0 bridgehead atoms. The van der Waals surface area contributed by atoms with Crippen LogP contribution >= 0.6 is 11.8 Å². The molecule has 1 saturated heterocycles. The van der Waals surface area contributed by atoms with Crippen LogP contribution in [0.4, 0.5) is 4.39 Å². The van der Waals surface area contributed by atoms with Crippen LogP contribution in [0.15, 0.2) is 53.8 Å². The molecule has 3 heterocycles. The average Bonchev–Trinajstić information content (AvgIpc) is 2.87. The van der Waals surface area contributed by atoms with Gasteiger partial charge in [-0.1, -0.05) is 0 Å². The molecule has 0 aliphatic carbocycles. The quantitative estimate of drug-likeness (QED) is 0.368. The molecule has 1 unspecified atom stereocenters. The van der Waals surface area contributed by atoms with Gasteiger partial charge in [0.1, 0.15) is 11.9 Å². The zero-order valence-electron chi connectivity index (χ0n) is 19.8. The Morgan fingerprint density at radius 3 is 2.91 bits per heavy atom. The van der Waals surface area contributed by atoms with Crippen molar-refractivity contribution in [3.05, 3.63) is 54.5 Å². The molecule has 7 nitrogen and oxygen atoms in total. The van der Waals surface area contributed by atoms with Crippen molar-refractivity contribution in [2.45, 2.75) is 36.8 Å². The Labute approximate surface area is 209 Å². The molecule has 186 valence electrons. The molecule has 1 fully saturated rings. The number of carboxylic acid groups (broad SMARTS) is 1. The van der Waals surface area contributed by atoms with Crippen LogP contribution in [-0.4, -0.2) is 63.7 Å². The molecule has 0 radical (unpaired) electrons. The summed E-state index contributed by atoms with van der Waals surface area (Å²) in [5.41, 5.74) is 1.35. The second-order valence-electron chi connectivity index (χ2n) is 8.96. The van der Waals surface area contributed by atoms with Gasteiger partial charge in [0.25, 0.3) is 0 Å². The molecule has 0 spiro atoms. The van der Waals surface area contributed by atoms with E-state index < -0.39 is 12.1 Å². The van der Waals surface area contributed by atoms with Gasteiger partial charge in [0.05, 0.1) is 25.0 Å². The number of fused-ring (bicyclic) bond motifs is 1. The van der Waals surface area contributed by atoms with Crippen LogP contribution in [-0.2, 0) is 4.79 Å². The maximum Gasteiger partial charge on any atom is 0.303 e. The van der Waals surface area contributed by atoms with Crippen LogP contribution in [0.1, 0.15) is 37.4 Å². The Morgan fingerprint density at radius 1 is 1.26 bits per heavy atom. The number of thioether (sulfide) groups is 1. The maximum absolute atomic E-state index is 15.4. The zero-order chi connectivity index (χ0) is 24.6. The van der Waals surface area contributed by atoms with Crippen molar-refractivity contribution in [3.8, 4) is 5.75 Å². The first-order valence-electron chi connectivity index (χ1n) is 11.9. The molecule has 1 aliphatic heterocycles. The fourth-order valence-corrected chi connectivity index (χ4v) is 5.78. The molecule has 2 aromatic heterocycles. The van der Waals surface area contributed by atoms with Crippen molar-refractivity contribution in [1.29, 1.82) is 0 Å². The number of carbonyl (C=O) groups is 1.